The van der Waals surface area contributed by atoms with Crippen LogP contribution in [0.2, 0.25) is 0 Å². The highest BCUT2D eigenvalue weighted by atomic mass is 16.3. The van der Waals surface area contributed by atoms with Gasteiger partial charge in [-0.2, -0.15) is 0 Å². The molecule has 2 rings (SSSR count). The summed E-state index contributed by atoms with van der Waals surface area (Å²) >= 11 is 0. The van der Waals surface area contributed by atoms with E-state index in [0.717, 1.165) is 12.8 Å². The van der Waals surface area contributed by atoms with Crippen LogP contribution in [0.5, 0.6) is 11.5 Å². The summed E-state index contributed by atoms with van der Waals surface area (Å²) in [7, 11) is 0. The van der Waals surface area contributed by atoms with Gasteiger partial charge in [-0.1, -0.05) is 57.9 Å². The Kier molecular flexibility index (Phi) is 5.12. The molecule has 0 saturated carbocycles. The second-order valence-electron chi connectivity index (χ2n) is 6.71. The van der Waals surface area contributed by atoms with E-state index in [0.29, 0.717) is 17.4 Å². The highest BCUT2D eigenvalue weighted by Gasteiger charge is 2.28. The van der Waals surface area contributed by atoms with Crippen LogP contribution in [-0.4, -0.2) is 10.2 Å². The van der Waals surface area contributed by atoms with Crippen LogP contribution in [0, 0.1) is 5.92 Å². The van der Waals surface area contributed by atoms with Crippen LogP contribution in [0.3, 0.4) is 0 Å². The van der Waals surface area contributed by atoms with Crippen LogP contribution in [0.1, 0.15) is 51.2 Å². The number of phenols is 2. The Balaban J connectivity index is 2.34. The number of hydrogen-bond donors (Lipinski definition) is 2. The van der Waals surface area contributed by atoms with Gasteiger partial charge in [-0.05, 0) is 47.7 Å². The van der Waals surface area contributed by atoms with Gasteiger partial charge in [0, 0.05) is 5.41 Å². The van der Waals surface area contributed by atoms with Crippen molar-refractivity contribution in [3.8, 4) is 11.5 Å². The Morgan fingerprint density at radius 3 is 1.59 bits per heavy atom. The van der Waals surface area contributed by atoms with Crippen LogP contribution in [0.4, 0.5) is 0 Å². The van der Waals surface area contributed by atoms with E-state index in [2.05, 4.69) is 20.8 Å². The van der Waals surface area contributed by atoms with Crippen LogP contribution in [0.25, 0.3) is 0 Å². The average molecular weight is 298 g/mol. The molecular formula is C20H26O2. The molecule has 0 saturated heterocycles. The van der Waals surface area contributed by atoms with E-state index in [4.69, 9.17) is 0 Å². The third kappa shape index (κ3) is 3.82. The number of hydrogen-bond acceptors (Lipinski definition) is 2. The minimum Gasteiger partial charge on any atom is -0.508 e. The Bertz CT molecular complexity index is 537. The standard InChI is InChI=1S/C20H26O2/c1-15(2)5-4-14-20(3,16-6-10-18(21)11-7-16)17-8-12-19(22)13-9-17/h6-13,15,21-22H,4-5,14H2,1-3H3. The zero-order valence-corrected chi connectivity index (χ0v) is 13.7. The van der Waals surface area contributed by atoms with Gasteiger partial charge in [-0.25, -0.2) is 0 Å². The fraction of sp³-hybridized carbons (Fsp3) is 0.400. The lowest BCUT2D eigenvalue weighted by atomic mass is 9.72. The molecule has 0 heterocycles. The molecule has 0 atom stereocenters. The Labute approximate surface area is 133 Å². The van der Waals surface area contributed by atoms with Crippen molar-refractivity contribution >= 4 is 0 Å². The van der Waals surface area contributed by atoms with Gasteiger partial charge in [0.1, 0.15) is 11.5 Å². The summed E-state index contributed by atoms with van der Waals surface area (Å²) in [5.74, 6) is 1.28. The van der Waals surface area contributed by atoms with Crippen molar-refractivity contribution in [1.29, 1.82) is 0 Å². The van der Waals surface area contributed by atoms with E-state index in [1.165, 1.54) is 17.5 Å². The first-order valence-electron chi connectivity index (χ1n) is 8.01. The first-order chi connectivity index (χ1) is 10.4. The third-order valence-electron chi connectivity index (χ3n) is 4.47. The summed E-state index contributed by atoms with van der Waals surface area (Å²) in [6.07, 6.45) is 3.39. The summed E-state index contributed by atoms with van der Waals surface area (Å²) < 4.78 is 0. The van der Waals surface area contributed by atoms with Gasteiger partial charge in [0.05, 0.1) is 0 Å². The van der Waals surface area contributed by atoms with Gasteiger partial charge >= 0.3 is 0 Å². The molecule has 0 aliphatic heterocycles. The van der Waals surface area contributed by atoms with Crippen molar-refractivity contribution in [2.24, 2.45) is 5.92 Å². The zero-order valence-electron chi connectivity index (χ0n) is 13.7. The van der Waals surface area contributed by atoms with Gasteiger partial charge in [0.25, 0.3) is 0 Å². The first kappa shape index (κ1) is 16.4. The van der Waals surface area contributed by atoms with Crippen LogP contribution in [0.15, 0.2) is 48.5 Å². The summed E-state index contributed by atoms with van der Waals surface area (Å²) in [5.41, 5.74) is 2.27. The maximum Gasteiger partial charge on any atom is 0.115 e. The molecule has 118 valence electrons. The zero-order chi connectivity index (χ0) is 16.2. The molecule has 2 heteroatoms. The Hall–Kier alpha value is -1.96. The summed E-state index contributed by atoms with van der Waals surface area (Å²) in [5, 5.41) is 19.1. The van der Waals surface area contributed by atoms with Gasteiger partial charge < -0.3 is 10.2 Å². The van der Waals surface area contributed by atoms with Crippen molar-refractivity contribution in [3.05, 3.63) is 59.7 Å². The van der Waals surface area contributed by atoms with Crippen molar-refractivity contribution in [3.63, 3.8) is 0 Å². The Morgan fingerprint density at radius 2 is 1.23 bits per heavy atom. The quantitative estimate of drug-likeness (QED) is 0.766. The smallest absolute Gasteiger partial charge is 0.115 e. The molecule has 0 aliphatic rings. The fourth-order valence-corrected chi connectivity index (χ4v) is 2.98. The second-order valence-corrected chi connectivity index (χ2v) is 6.71. The van der Waals surface area contributed by atoms with Crippen molar-refractivity contribution in [2.45, 2.75) is 45.4 Å². The van der Waals surface area contributed by atoms with Gasteiger partial charge in [0.2, 0.25) is 0 Å². The lowest BCUT2D eigenvalue weighted by molar-refractivity contribution is 0.444. The van der Waals surface area contributed by atoms with Gasteiger partial charge in [-0.15, -0.1) is 0 Å². The first-order valence-corrected chi connectivity index (χ1v) is 8.01. The maximum atomic E-state index is 9.55. The number of benzene rings is 2. The van der Waals surface area contributed by atoms with Crippen LogP contribution >= 0.6 is 0 Å². The number of phenolic OH excluding ortho intramolecular Hbond substituents is 2. The molecule has 0 fully saturated rings. The highest BCUT2D eigenvalue weighted by Crippen LogP contribution is 2.38. The predicted molar refractivity (Wildman–Crippen MR) is 91.4 cm³/mol. The molecule has 2 nitrogen and oxygen atoms in total. The van der Waals surface area contributed by atoms with Crippen LogP contribution in [-0.2, 0) is 5.41 Å². The fourth-order valence-electron chi connectivity index (χ4n) is 2.98. The molecule has 2 N–H and O–H groups in total. The third-order valence-corrected chi connectivity index (χ3v) is 4.47. The largest absolute Gasteiger partial charge is 0.508 e. The number of aromatic hydroxyl groups is 2. The normalized spacial score (nSPS) is 11.8. The van der Waals surface area contributed by atoms with Crippen molar-refractivity contribution < 1.29 is 10.2 Å². The SMILES string of the molecule is CC(C)CCCC(C)(c1ccc(O)cc1)c1ccc(O)cc1. The summed E-state index contributed by atoms with van der Waals surface area (Å²) in [6.45, 7) is 6.74. The molecule has 22 heavy (non-hydrogen) atoms. The second kappa shape index (κ2) is 6.87. The minimum absolute atomic E-state index is 0.115. The molecule has 0 aromatic heterocycles. The van der Waals surface area contributed by atoms with E-state index < -0.39 is 0 Å². The monoisotopic (exact) mass is 298 g/mol. The predicted octanol–water partition coefficient (Wildman–Crippen LogP) is 5.23. The van der Waals surface area contributed by atoms with Crippen LogP contribution < -0.4 is 0 Å². The molecule has 2 aromatic carbocycles. The number of rotatable bonds is 6. The van der Waals surface area contributed by atoms with E-state index in [1.807, 2.05) is 24.3 Å². The molecule has 0 amide bonds. The van der Waals surface area contributed by atoms with Gasteiger partial charge in [0.15, 0.2) is 0 Å². The average Bonchev–Trinajstić information content (AvgIpc) is 2.48. The van der Waals surface area contributed by atoms with E-state index in [1.54, 1.807) is 24.3 Å². The molecular weight excluding hydrogens is 272 g/mol. The lowest BCUT2D eigenvalue weighted by Gasteiger charge is -2.31. The van der Waals surface area contributed by atoms with Crippen molar-refractivity contribution in [2.75, 3.05) is 0 Å². The molecule has 0 bridgehead atoms. The highest BCUT2D eigenvalue weighted by molar-refractivity contribution is 5.42. The van der Waals surface area contributed by atoms with Gasteiger partial charge in [-0.3, -0.25) is 0 Å². The summed E-state index contributed by atoms with van der Waals surface area (Å²) in [4.78, 5) is 0. The maximum absolute atomic E-state index is 9.55. The lowest BCUT2D eigenvalue weighted by Crippen LogP contribution is -2.23. The molecule has 2 aromatic rings. The minimum atomic E-state index is -0.115. The Morgan fingerprint density at radius 1 is 0.818 bits per heavy atom. The molecule has 0 unspecified atom stereocenters. The van der Waals surface area contributed by atoms with Crippen molar-refractivity contribution in [1.82, 2.24) is 0 Å². The molecule has 0 aliphatic carbocycles. The molecule has 0 spiro atoms. The summed E-state index contributed by atoms with van der Waals surface area (Å²) in [6, 6.07) is 15.0. The van der Waals surface area contributed by atoms with E-state index >= 15 is 0 Å². The topological polar surface area (TPSA) is 40.5 Å². The molecule has 0 radical (unpaired) electrons. The van der Waals surface area contributed by atoms with E-state index in [-0.39, 0.29) is 5.41 Å². The van der Waals surface area contributed by atoms with E-state index in [9.17, 15) is 10.2 Å².